The van der Waals surface area contributed by atoms with E-state index in [0.29, 0.717) is 5.92 Å². The lowest BCUT2D eigenvalue weighted by Crippen LogP contribution is -2.21. The Bertz CT molecular complexity index is 347. The van der Waals surface area contributed by atoms with Gasteiger partial charge in [0.25, 0.3) is 0 Å². The smallest absolute Gasteiger partial charge is 0.0513 e. The Hall–Kier alpha value is -0.380. The Labute approximate surface area is 98.9 Å². The average molecular weight is 270 g/mol. The molecule has 1 aliphatic heterocycles. The summed E-state index contributed by atoms with van der Waals surface area (Å²) in [5.41, 5.74) is 8.68. The summed E-state index contributed by atoms with van der Waals surface area (Å²) in [6, 6.07) is 6.44. The van der Waals surface area contributed by atoms with Gasteiger partial charge in [-0.3, -0.25) is 0 Å². The van der Waals surface area contributed by atoms with E-state index in [9.17, 15) is 0 Å². The topological polar surface area (TPSA) is 35.2 Å². The van der Waals surface area contributed by atoms with Crippen LogP contribution >= 0.6 is 15.9 Å². The minimum absolute atomic E-state index is 0.110. The molecule has 1 saturated heterocycles. The van der Waals surface area contributed by atoms with E-state index in [2.05, 4.69) is 41.1 Å². The van der Waals surface area contributed by atoms with Gasteiger partial charge in [0.05, 0.1) is 6.61 Å². The Balaban J connectivity index is 2.17. The summed E-state index contributed by atoms with van der Waals surface area (Å²) in [6.45, 7) is 3.75. The fraction of sp³-hybridized carbons (Fsp3) is 0.500. The van der Waals surface area contributed by atoms with Crippen LogP contribution in [0.1, 0.15) is 23.6 Å². The Morgan fingerprint density at radius 2 is 2.33 bits per heavy atom. The first-order valence-corrected chi connectivity index (χ1v) is 6.07. The zero-order chi connectivity index (χ0) is 10.8. The maximum absolute atomic E-state index is 6.22. The van der Waals surface area contributed by atoms with Crippen LogP contribution in [0.3, 0.4) is 0 Å². The molecule has 1 aromatic rings. The van der Waals surface area contributed by atoms with Gasteiger partial charge in [-0.25, -0.2) is 0 Å². The summed E-state index contributed by atoms with van der Waals surface area (Å²) in [4.78, 5) is 0. The van der Waals surface area contributed by atoms with Crippen LogP contribution in [-0.2, 0) is 4.74 Å². The van der Waals surface area contributed by atoms with E-state index in [1.54, 1.807) is 0 Å². The van der Waals surface area contributed by atoms with Crippen LogP contribution in [0.2, 0.25) is 0 Å². The molecule has 1 aliphatic rings. The standard InChI is InChI=1S/C12H16BrNO/c1-8-6-9(2-3-11(8)13)12(14)10-4-5-15-7-10/h2-3,6,10,12H,4-5,7,14H2,1H3. The van der Waals surface area contributed by atoms with Crippen LogP contribution in [0.25, 0.3) is 0 Å². The lowest BCUT2D eigenvalue weighted by molar-refractivity contribution is 0.181. The molecular weight excluding hydrogens is 254 g/mol. The second kappa shape index (κ2) is 4.64. The molecule has 0 radical (unpaired) electrons. The van der Waals surface area contributed by atoms with Gasteiger partial charge in [-0.15, -0.1) is 0 Å². The molecule has 2 atom stereocenters. The van der Waals surface area contributed by atoms with E-state index in [4.69, 9.17) is 10.5 Å². The lowest BCUT2D eigenvalue weighted by Gasteiger charge is -2.18. The van der Waals surface area contributed by atoms with Gasteiger partial charge < -0.3 is 10.5 Å². The van der Waals surface area contributed by atoms with Crippen molar-refractivity contribution < 1.29 is 4.74 Å². The van der Waals surface area contributed by atoms with E-state index in [1.165, 1.54) is 11.1 Å². The summed E-state index contributed by atoms with van der Waals surface area (Å²) < 4.78 is 6.50. The van der Waals surface area contributed by atoms with E-state index in [-0.39, 0.29) is 6.04 Å². The van der Waals surface area contributed by atoms with Gasteiger partial charge in [0.1, 0.15) is 0 Å². The summed E-state index contributed by atoms with van der Waals surface area (Å²) in [7, 11) is 0. The van der Waals surface area contributed by atoms with E-state index < -0.39 is 0 Å². The second-order valence-corrected chi connectivity index (χ2v) is 5.01. The number of rotatable bonds is 2. The molecule has 0 saturated carbocycles. The summed E-state index contributed by atoms with van der Waals surface area (Å²) in [6.07, 6.45) is 1.08. The molecule has 2 N–H and O–H groups in total. The molecular formula is C12H16BrNO. The van der Waals surface area contributed by atoms with E-state index in [1.807, 2.05) is 0 Å². The van der Waals surface area contributed by atoms with Gasteiger partial charge in [0, 0.05) is 23.0 Å². The van der Waals surface area contributed by atoms with Crippen molar-refractivity contribution in [1.29, 1.82) is 0 Å². The molecule has 3 heteroatoms. The maximum atomic E-state index is 6.22. The zero-order valence-electron chi connectivity index (χ0n) is 8.87. The molecule has 82 valence electrons. The Morgan fingerprint density at radius 1 is 1.53 bits per heavy atom. The highest BCUT2D eigenvalue weighted by molar-refractivity contribution is 9.10. The molecule has 0 spiro atoms. The molecule has 15 heavy (non-hydrogen) atoms. The van der Waals surface area contributed by atoms with E-state index in [0.717, 1.165) is 24.1 Å². The van der Waals surface area contributed by atoms with Gasteiger partial charge in [-0.1, -0.05) is 28.1 Å². The predicted molar refractivity (Wildman–Crippen MR) is 64.7 cm³/mol. The summed E-state index contributed by atoms with van der Waals surface area (Å²) in [5.74, 6) is 0.477. The Kier molecular flexibility index (Phi) is 3.44. The molecule has 0 aliphatic carbocycles. The van der Waals surface area contributed by atoms with Gasteiger partial charge >= 0.3 is 0 Å². The number of nitrogens with two attached hydrogens (primary N) is 1. The monoisotopic (exact) mass is 269 g/mol. The molecule has 2 unspecified atom stereocenters. The van der Waals surface area contributed by atoms with Crippen molar-refractivity contribution in [2.45, 2.75) is 19.4 Å². The van der Waals surface area contributed by atoms with Crippen LogP contribution in [0.4, 0.5) is 0 Å². The van der Waals surface area contributed by atoms with Gasteiger partial charge in [-0.05, 0) is 30.5 Å². The van der Waals surface area contributed by atoms with Crippen LogP contribution in [0.15, 0.2) is 22.7 Å². The molecule has 1 fully saturated rings. The van der Waals surface area contributed by atoms with Gasteiger partial charge in [-0.2, -0.15) is 0 Å². The molecule has 2 rings (SSSR count). The third-order valence-corrected chi connectivity index (χ3v) is 3.93. The highest BCUT2D eigenvalue weighted by Crippen LogP contribution is 2.28. The molecule has 2 nitrogen and oxygen atoms in total. The van der Waals surface area contributed by atoms with Crippen molar-refractivity contribution in [3.8, 4) is 0 Å². The number of ether oxygens (including phenoxy) is 1. The fourth-order valence-corrected chi connectivity index (χ4v) is 2.23. The minimum atomic E-state index is 0.110. The average Bonchev–Trinajstić information content (AvgIpc) is 2.74. The Morgan fingerprint density at radius 3 is 2.93 bits per heavy atom. The van der Waals surface area contributed by atoms with E-state index >= 15 is 0 Å². The maximum Gasteiger partial charge on any atom is 0.0513 e. The van der Waals surface area contributed by atoms with Crippen molar-refractivity contribution in [3.05, 3.63) is 33.8 Å². The number of hydrogen-bond donors (Lipinski definition) is 1. The summed E-state index contributed by atoms with van der Waals surface area (Å²) in [5, 5.41) is 0. The first-order valence-electron chi connectivity index (χ1n) is 5.28. The quantitative estimate of drug-likeness (QED) is 0.896. The molecule has 0 amide bonds. The zero-order valence-corrected chi connectivity index (χ0v) is 10.5. The van der Waals surface area contributed by atoms with Gasteiger partial charge in [0.2, 0.25) is 0 Å². The van der Waals surface area contributed by atoms with Crippen LogP contribution < -0.4 is 5.73 Å². The lowest BCUT2D eigenvalue weighted by atomic mass is 9.92. The first-order chi connectivity index (χ1) is 7.18. The highest BCUT2D eigenvalue weighted by atomic mass is 79.9. The number of halogens is 1. The van der Waals surface area contributed by atoms with Crippen LogP contribution in [-0.4, -0.2) is 13.2 Å². The SMILES string of the molecule is Cc1cc(C(N)C2CCOC2)ccc1Br. The molecule has 1 aromatic carbocycles. The molecule has 0 bridgehead atoms. The normalized spacial score (nSPS) is 23.0. The minimum Gasteiger partial charge on any atom is -0.381 e. The number of hydrogen-bond acceptors (Lipinski definition) is 2. The predicted octanol–water partition coefficient (Wildman–Crippen LogP) is 2.79. The van der Waals surface area contributed by atoms with Crippen LogP contribution in [0.5, 0.6) is 0 Å². The van der Waals surface area contributed by atoms with Crippen LogP contribution in [0, 0.1) is 12.8 Å². The highest BCUT2D eigenvalue weighted by Gasteiger charge is 2.24. The first kappa shape index (κ1) is 11.1. The third-order valence-electron chi connectivity index (χ3n) is 3.04. The molecule has 1 heterocycles. The largest absolute Gasteiger partial charge is 0.381 e. The van der Waals surface area contributed by atoms with Crippen molar-refractivity contribution >= 4 is 15.9 Å². The fourth-order valence-electron chi connectivity index (χ4n) is 1.98. The molecule has 0 aromatic heterocycles. The van der Waals surface area contributed by atoms with Gasteiger partial charge in [0.15, 0.2) is 0 Å². The van der Waals surface area contributed by atoms with Crippen molar-refractivity contribution in [2.24, 2.45) is 11.7 Å². The third kappa shape index (κ3) is 2.41. The van der Waals surface area contributed by atoms with Crippen molar-refractivity contribution in [1.82, 2.24) is 0 Å². The number of benzene rings is 1. The number of aryl methyl sites for hydroxylation is 1. The summed E-state index contributed by atoms with van der Waals surface area (Å²) >= 11 is 3.50. The second-order valence-electron chi connectivity index (χ2n) is 4.16. The van der Waals surface area contributed by atoms with Crippen molar-refractivity contribution in [2.75, 3.05) is 13.2 Å². The van der Waals surface area contributed by atoms with Crippen molar-refractivity contribution in [3.63, 3.8) is 0 Å².